The van der Waals surface area contributed by atoms with Crippen molar-refractivity contribution in [2.45, 2.75) is 39.0 Å². The monoisotopic (exact) mass is 379 g/mol. The number of rotatable bonds is 3. The topological polar surface area (TPSA) is 54.0 Å². The van der Waals surface area contributed by atoms with Gasteiger partial charge in [0, 0.05) is 51.4 Å². The van der Waals surface area contributed by atoms with Crippen molar-refractivity contribution in [1.82, 2.24) is 15.1 Å². The molecule has 0 spiro atoms. The van der Waals surface area contributed by atoms with Gasteiger partial charge in [-0.1, -0.05) is 12.1 Å². The fourth-order valence-corrected chi connectivity index (χ4v) is 3.33. The van der Waals surface area contributed by atoms with Crippen molar-refractivity contribution in [3.8, 4) is 0 Å². The van der Waals surface area contributed by atoms with Crippen LogP contribution in [0.4, 0.5) is 9.18 Å². The van der Waals surface area contributed by atoms with Gasteiger partial charge in [-0.15, -0.1) is 0 Å². The Balaban J connectivity index is 1.52. The predicted octanol–water partition coefficient (Wildman–Crippen LogP) is 2.54. The van der Waals surface area contributed by atoms with E-state index in [1.54, 1.807) is 11.0 Å². The standard InChI is InChI=1S/C20H30FN3O3/c1-20(2,3)27-19(25)24-9-7-23(8-10-24)14-16-5-4-15(12-17(16)21)18-13-22-6-11-26-18/h4-5,12,18,22H,6-11,13-14H2,1-3H3. The maximum Gasteiger partial charge on any atom is 0.410 e. The van der Waals surface area contributed by atoms with Crippen LogP contribution in [-0.4, -0.2) is 67.4 Å². The smallest absolute Gasteiger partial charge is 0.410 e. The van der Waals surface area contributed by atoms with Crippen LogP contribution in [0.1, 0.15) is 38.0 Å². The number of piperazine rings is 1. The van der Waals surface area contributed by atoms with Crippen LogP contribution in [0.2, 0.25) is 0 Å². The van der Waals surface area contributed by atoms with Crippen molar-refractivity contribution in [2.24, 2.45) is 0 Å². The highest BCUT2D eigenvalue weighted by atomic mass is 19.1. The van der Waals surface area contributed by atoms with Crippen molar-refractivity contribution in [2.75, 3.05) is 45.9 Å². The summed E-state index contributed by atoms with van der Waals surface area (Å²) in [6.45, 7) is 10.9. The van der Waals surface area contributed by atoms with E-state index in [1.165, 1.54) is 0 Å². The lowest BCUT2D eigenvalue weighted by molar-refractivity contribution is 0.0138. The third kappa shape index (κ3) is 5.64. The van der Waals surface area contributed by atoms with Gasteiger partial charge >= 0.3 is 6.09 Å². The van der Waals surface area contributed by atoms with Crippen LogP contribution in [0.5, 0.6) is 0 Å². The summed E-state index contributed by atoms with van der Waals surface area (Å²) in [5.41, 5.74) is 1.06. The molecule has 1 atom stereocenters. The van der Waals surface area contributed by atoms with Crippen LogP contribution in [0, 0.1) is 5.82 Å². The largest absolute Gasteiger partial charge is 0.444 e. The fraction of sp³-hybridized carbons (Fsp3) is 0.650. The molecule has 1 amide bonds. The van der Waals surface area contributed by atoms with Gasteiger partial charge in [-0.05, 0) is 32.4 Å². The number of amides is 1. The summed E-state index contributed by atoms with van der Waals surface area (Å²) < 4.78 is 25.7. The molecule has 1 unspecified atom stereocenters. The molecule has 2 aliphatic heterocycles. The van der Waals surface area contributed by atoms with Crippen LogP contribution < -0.4 is 5.32 Å². The van der Waals surface area contributed by atoms with Crippen molar-refractivity contribution < 1.29 is 18.7 Å². The second-order valence-corrected chi connectivity index (χ2v) is 8.16. The molecule has 7 heteroatoms. The summed E-state index contributed by atoms with van der Waals surface area (Å²) in [5, 5.41) is 3.26. The number of hydrogen-bond acceptors (Lipinski definition) is 5. The highest BCUT2D eigenvalue weighted by Crippen LogP contribution is 2.22. The Kier molecular flexibility index (Phi) is 6.34. The van der Waals surface area contributed by atoms with Gasteiger partial charge in [-0.25, -0.2) is 9.18 Å². The summed E-state index contributed by atoms with van der Waals surface area (Å²) in [4.78, 5) is 16.0. The van der Waals surface area contributed by atoms with E-state index in [4.69, 9.17) is 9.47 Å². The lowest BCUT2D eigenvalue weighted by atomic mass is 10.0. The lowest BCUT2D eigenvalue weighted by Crippen LogP contribution is -2.49. The minimum Gasteiger partial charge on any atom is -0.444 e. The van der Waals surface area contributed by atoms with Crippen LogP contribution in [0.25, 0.3) is 0 Å². The first kappa shape index (κ1) is 20.0. The molecule has 1 aromatic carbocycles. The Labute approximate surface area is 160 Å². The van der Waals surface area contributed by atoms with Crippen molar-refractivity contribution >= 4 is 6.09 Å². The first-order chi connectivity index (χ1) is 12.8. The molecule has 0 saturated carbocycles. The minimum absolute atomic E-state index is 0.0836. The minimum atomic E-state index is -0.489. The second kappa shape index (κ2) is 8.54. The number of morpholine rings is 1. The Morgan fingerprint density at radius 2 is 2.04 bits per heavy atom. The van der Waals surface area contributed by atoms with Crippen LogP contribution in [0.15, 0.2) is 18.2 Å². The molecule has 3 rings (SSSR count). The number of carbonyl (C=O) groups excluding carboxylic acids is 1. The first-order valence-corrected chi connectivity index (χ1v) is 9.63. The van der Waals surface area contributed by atoms with Crippen molar-refractivity contribution in [3.05, 3.63) is 35.1 Å². The molecule has 0 aromatic heterocycles. The average molecular weight is 379 g/mol. The summed E-state index contributed by atoms with van der Waals surface area (Å²) in [5.74, 6) is -0.198. The second-order valence-electron chi connectivity index (χ2n) is 8.16. The molecule has 150 valence electrons. The van der Waals surface area contributed by atoms with Crippen LogP contribution in [0.3, 0.4) is 0 Å². The van der Waals surface area contributed by atoms with E-state index in [-0.39, 0.29) is 18.0 Å². The molecule has 1 aromatic rings. The number of benzene rings is 1. The highest BCUT2D eigenvalue weighted by Gasteiger charge is 2.26. The zero-order valence-corrected chi connectivity index (χ0v) is 16.5. The molecule has 0 radical (unpaired) electrons. The average Bonchev–Trinajstić information content (AvgIpc) is 2.63. The summed E-state index contributed by atoms with van der Waals surface area (Å²) in [6.07, 6.45) is -0.363. The fourth-order valence-electron chi connectivity index (χ4n) is 3.33. The molecule has 1 N–H and O–H groups in total. The maximum atomic E-state index is 14.6. The van der Waals surface area contributed by atoms with Gasteiger partial charge in [0.05, 0.1) is 12.7 Å². The Morgan fingerprint density at radius 3 is 2.63 bits per heavy atom. The van der Waals surface area contributed by atoms with E-state index in [2.05, 4.69) is 10.2 Å². The van der Waals surface area contributed by atoms with E-state index in [0.717, 1.165) is 12.1 Å². The number of nitrogens with zero attached hydrogens (tertiary/aromatic N) is 2. The van der Waals surface area contributed by atoms with Gasteiger partial charge in [0.2, 0.25) is 0 Å². The maximum absolute atomic E-state index is 14.6. The molecule has 2 fully saturated rings. The quantitative estimate of drug-likeness (QED) is 0.875. The number of nitrogens with one attached hydrogen (secondary N) is 1. The van der Waals surface area contributed by atoms with Crippen molar-refractivity contribution in [1.29, 1.82) is 0 Å². The molecule has 2 heterocycles. The van der Waals surface area contributed by atoms with E-state index >= 15 is 0 Å². The number of carbonyl (C=O) groups is 1. The summed E-state index contributed by atoms with van der Waals surface area (Å²) in [7, 11) is 0. The zero-order chi connectivity index (χ0) is 19.4. The lowest BCUT2D eigenvalue weighted by Gasteiger charge is -2.35. The summed E-state index contributed by atoms with van der Waals surface area (Å²) >= 11 is 0. The summed E-state index contributed by atoms with van der Waals surface area (Å²) in [6, 6.07) is 5.39. The molecule has 2 aliphatic rings. The normalized spacial score (nSPS) is 21.9. The van der Waals surface area contributed by atoms with Gasteiger partial charge in [0.25, 0.3) is 0 Å². The van der Waals surface area contributed by atoms with Gasteiger partial charge in [0.15, 0.2) is 0 Å². The molecule has 2 saturated heterocycles. The van der Waals surface area contributed by atoms with Crippen LogP contribution >= 0.6 is 0 Å². The highest BCUT2D eigenvalue weighted by molar-refractivity contribution is 5.68. The van der Waals surface area contributed by atoms with E-state index < -0.39 is 5.60 Å². The SMILES string of the molecule is CC(C)(C)OC(=O)N1CCN(Cc2ccc(C3CNCCO3)cc2F)CC1. The van der Waals surface area contributed by atoms with Gasteiger partial charge in [0.1, 0.15) is 11.4 Å². The molecule has 27 heavy (non-hydrogen) atoms. The number of hydrogen-bond donors (Lipinski definition) is 1. The van der Waals surface area contributed by atoms with Crippen LogP contribution in [-0.2, 0) is 16.0 Å². The molecule has 6 nitrogen and oxygen atoms in total. The zero-order valence-electron chi connectivity index (χ0n) is 16.5. The van der Waals surface area contributed by atoms with Gasteiger partial charge in [-0.3, -0.25) is 4.90 Å². The molecule has 0 aliphatic carbocycles. The Hall–Kier alpha value is -1.70. The molecular weight excluding hydrogens is 349 g/mol. The van der Waals surface area contributed by atoms with E-state index in [1.807, 2.05) is 32.9 Å². The molecular formula is C20H30FN3O3. The van der Waals surface area contributed by atoms with Gasteiger partial charge in [-0.2, -0.15) is 0 Å². The molecule has 0 bridgehead atoms. The van der Waals surface area contributed by atoms with Gasteiger partial charge < -0.3 is 19.7 Å². The number of ether oxygens (including phenoxy) is 2. The Morgan fingerprint density at radius 1 is 1.30 bits per heavy atom. The predicted molar refractivity (Wildman–Crippen MR) is 101 cm³/mol. The van der Waals surface area contributed by atoms with E-state index in [0.29, 0.717) is 51.4 Å². The third-order valence-electron chi connectivity index (χ3n) is 4.79. The Bertz CT molecular complexity index is 648. The van der Waals surface area contributed by atoms with E-state index in [9.17, 15) is 9.18 Å². The number of halogens is 1. The van der Waals surface area contributed by atoms with Crippen molar-refractivity contribution in [3.63, 3.8) is 0 Å². The first-order valence-electron chi connectivity index (χ1n) is 9.63. The third-order valence-corrected chi connectivity index (χ3v) is 4.79.